The molecule has 2 rings (SSSR count). The second-order valence-electron chi connectivity index (χ2n) is 5.18. The minimum absolute atomic E-state index is 0.152. The van der Waals surface area contributed by atoms with E-state index in [9.17, 15) is 8.42 Å². The lowest BCUT2D eigenvalue weighted by Crippen LogP contribution is -2.57. The molecular formula is C11H23N3O2S. The van der Waals surface area contributed by atoms with E-state index in [1.807, 2.05) is 13.8 Å². The third-order valence-corrected chi connectivity index (χ3v) is 5.82. The zero-order chi connectivity index (χ0) is 12.5. The van der Waals surface area contributed by atoms with Gasteiger partial charge in [-0.3, -0.25) is 0 Å². The molecule has 17 heavy (non-hydrogen) atoms. The van der Waals surface area contributed by atoms with Gasteiger partial charge in [0.1, 0.15) is 0 Å². The highest BCUT2D eigenvalue weighted by Gasteiger charge is 2.35. The SMILES string of the molecule is CC1CN(S(=O)(=O)N2CCCCC2C)CCN1. The van der Waals surface area contributed by atoms with Gasteiger partial charge < -0.3 is 5.32 Å². The van der Waals surface area contributed by atoms with Gasteiger partial charge >= 0.3 is 0 Å². The molecule has 100 valence electrons. The summed E-state index contributed by atoms with van der Waals surface area (Å²) in [6, 6.07) is 0.401. The molecule has 0 aliphatic carbocycles. The number of piperidine rings is 1. The predicted octanol–water partition coefficient (Wildman–Crippen LogP) is 0.399. The van der Waals surface area contributed by atoms with Gasteiger partial charge in [0.15, 0.2) is 0 Å². The molecule has 0 saturated carbocycles. The largest absolute Gasteiger partial charge is 0.312 e. The van der Waals surface area contributed by atoms with Crippen LogP contribution in [0.15, 0.2) is 0 Å². The maximum Gasteiger partial charge on any atom is 0.282 e. The number of hydrogen-bond acceptors (Lipinski definition) is 3. The van der Waals surface area contributed by atoms with Crippen LogP contribution in [0.5, 0.6) is 0 Å². The van der Waals surface area contributed by atoms with Gasteiger partial charge in [0.25, 0.3) is 10.2 Å². The lowest BCUT2D eigenvalue weighted by Gasteiger charge is -2.39. The Kier molecular flexibility index (Phi) is 4.07. The lowest BCUT2D eigenvalue weighted by molar-refractivity contribution is 0.228. The number of nitrogens with zero attached hydrogens (tertiary/aromatic N) is 2. The number of nitrogens with one attached hydrogen (secondary N) is 1. The summed E-state index contributed by atoms with van der Waals surface area (Å²) in [5, 5.41) is 3.27. The quantitative estimate of drug-likeness (QED) is 0.783. The molecule has 2 fully saturated rings. The van der Waals surface area contributed by atoms with Crippen molar-refractivity contribution in [1.82, 2.24) is 13.9 Å². The summed E-state index contributed by atoms with van der Waals surface area (Å²) < 4.78 is 28.4. The second kappa shape index (κ2) is 5.22. The fraction of sp³-hybridized carbons (Fsp3) is 1.00. The molecular weight excluding hydrogens is 238 g/mol. The zero-order valence-corrected chi connectivity index (χ0v) is 11.5. The summed E-state index contributed by atoms with van der Waals surface area (Å²) in [4.78, 5) is 0. The minimum atomic E-state index is -3.24. The molecule has 1 N–H and O–H groups in total. The first-order valence-electron chi connectivity index (χ1n) is 6.52. The molecule has 2 aliphatic heterocycles. The van der Waals surface area contributed by atoms with Crippen molar-refractivity contribution in [3.8, 4) is 0 Å². The van der Waals surface area contributed by atoms with Crippen LogP contribution in [0.25, 0.3) is 0 Å². The highest BCUT2D eigenvalue weighted by molar-refractivity contribution is 7.86. The minimum Gasteiger partial charge on any atom is -0.312 e. The van der Waals surface area contributed by atoms with Crippen molar-refractivity contribution in [3.63, 3.8) is 0 Å². The molecule has 0 radical (unpaired) electrons. The van der Waals surface area contributed by atoms with E-state index in [2.05, 4.69) is 5.32 Å². The first kappa shape index (κ1) is 13.3. The molecule has 2 aliphatic rings. The third kappa shape index (κ3) is 2.81. The molecule has 0 aromatic rings. The average molecular weight is 261 g/mol. The van der Waals surface area contributed by atoms with E-state index in [1.54, 1.807) is 8.61 Å². The Balaban J connectivity index is 2.11. The Morgan fingerprint density at radius 2 is 1.94 bits per heavy atom. The van der Waals surface area contributed by atoms with E-state index in [0.29, 0.717) is 19.6 Å². The Hall–Kier alpha value is -0.170. The van der Waals surface area contributed by atoms with Crippen LogP contribution in [0.2, 0.25) is 0 Å². The van der Waals surface area contributed by atoms with Gasteiger partial charge in [-0.1, -0.05) is 6.42 Å². The number of rotatable bonds is 2. The van der Waals surface area contributed by atoms with Gasteiger partial charge in [-0.05, 0) is 26.7 Å². The summed E-state index contributed by atoms with van der Waals surface area (Å²) in [5.41, 5.74) is 0. The maximum absolute atomic E-state index is 12.5. The fourth-order valence-corrected chi connectivity index (χ4v) is 4.62. The van der Waals surface area contributed by atoms with Gasteiger partial charge in [0, 0.05) is 38.3 Å². The average Bonchev–Trinajstić information content (AvgIpc) is 2.29. The smallest absolute Gasteiger partial charge is 0.282 e. The molecule has 2 unspecified atom stereocenters. The molecule has 2 saturated heterocycles. The van der Waals surface area contributed by atoms with Crippen molar-refractivity contribution in [2.45, 2.75) is 45.2 Å². The molecule has 0 aromatic carbocycles. The van der Waals surface area contributed by atoms with Gasteiger partial charge in [-0.25, -0.2) is 0 Å². The van der Waals surface area contributed by atoms with Crippen LogP contribution in [0.1, 0.15) is 33.1 Å². The van der Waals surface area contributed by atoms with Crippen LogP contribution in [-0.2, 0) is 10.2 Å². The van der Waals surface area contributed by atoms with Crippen molar-refractivity contribution in [2.24, 2.45) is 0 Å². The topological polar surface area (TPSA) is 52.7 Å². The van der Waals surface area contributed by atoms with Gasteiger partial charge in [-0.15, -0.1) is 0 Å². The molecule has 0 bridgehead atoms. The molecule has 6 heteroatoms. The van der Waals surface area contributed by atoms with Gasteiger partial charge in [0.05, 0.1) is 0 Å². The monoisotopic (exact) mass is 261 g/mol. The maximum atomic E-state index is 12.5. The highest BCUT2D eigenvalue weighted by Crippen LogP contribution is 2.22. The van der Waals surface area contributed by atoms with Crippen molar-refractivity contribution >= 4 is 10.2 Å². The van der Waals surface area contributed by atoms with E-state index in [1.165, 1.54) is 0 Å². The van der Waals surface area contributed by atoms with E-state index in [4.69, 9.17) is 0 Å². The Morgan fingerprint density at radius 3 is 2.59 bits per heavy atom. The van der Waals surface area contributed by atoms with Crippen LogP contribution < -0.4 is 5.32 Å². The third-order valence-electron chi connectivity index (χ3n) is 3.70. The van der Waals surface area contributed by atoms with Crippen LogP contribution in [-0.4, -0.2) is 55.3 Å². The summed E-state index contributed by atoms with van der Waals surface area (Å²) in [5.74, 6) is 0. The molecule has 2 atom stereocenters. The molecule has 0 spiro atoms. The number of piperazine rings is 1. The Bertz CT molecular complexity index is 358. The van der Waals surface area contributed by atoms with Crippen molar-refractivity contribution in [1.29, 1.82) is 0 Å². The van der Waals surface area contributed by atoms with Crippen molar-refractivity contribution in [3.05, 3.63) is 0 Å². The Labute approximate surface area is 104 Å². The Morgan fingerprint density at radius 1 is 1.18 bits per heavy atom. The second-order valence-corrected chi connectivity index (χ2v) is 7.06. The van der Waals surface area contributed by atoms with Crippen molar-refractivity contribution in [2.75, 3.05) is 26.2 Å². The normalized spacial score (nSPS) is 33.8. The molecule has 2 heterocycles. The molecule has 0 aromatic heterocycles. The summed E-state index contributed by atoms with van der Waals surface area (Å²) in [6.07, 6.45) is 3.12. The van der Waals surface area contributed by atoms with E-state index < -0.39 is 10.2 Å². The van der Waals surface area contributed by atoms with E-state index in [-0.39, 0.29) is 12.1 Å². The van der Waals surface area contributed by atoms with Crippen LogP contribution >= 0.6 is 0 Å². The standard InChI is InChI=1S/C11H23N3O2S/c1-10-9-13(8-6-12-10)17(15,16)14-7-4-3-5-11(14)2/h10-12H,3-9H2,1-2H3. The van der Waals surface area contributed by atoms with E-state index >= 15 is 0 Å². The van der Waals surface area contributed by atoms with Crippen LogP contribution in [0.4, 0.5) is 0 Å². The van der Waals surface area contributed by atoms with Crippen molar-refractivity contribution < 1.29 is 8.42 Å². The predicted molar refractivity (Wildman–Crippen MR) is 68.0 cm³/mol. The first-order valence-corrected chi connectivity index (χ1v) is 7.92. The van der Waals surface area contributed by atoms with Crippen LogP contribution in [0, 0.1) is 0 Å². The van der Waals surface area contributed by atoms with Gasteiger partial charge in [-0.2, -0.15) is 17.0 Å². The zero-order valence-electron chi connectivity index (χ0n) is 10.7. The molecule has 0 amide bonds. The lowest BCUT2D eigenvalue weighted by atomic mass is 10.1. The number of hydrogen-bond donors (Lipinski definition) is 1. The first-order chi connectivity index (χ1) is 8.01. The summed E-state index contributed by atoms with van der Waals surface area (Å²) in [6.45, 7) is 6.66. The highest BCUT2D eigenvalue weighted by atomic mass is 32.2. The summed E-state index contributed by atoms with van der Waals surface area (Å²) >= 11 is 0. The van der Waals surface area contributed by atoms with Crippen LogP contribution in [0.3, 0.4) is 0 Å². The molecule has 5 nitrogen and oxygen atoms in total. The fourth-order valence-electron chi connectivity index (χ4n) is 2.67. The van der Waals surface area contributed by atoms with Gasteiger partial charge in [0.2, 0.25) is 0 Å². The summed E-state index contributed by atoms with van der Waals surface area (Å²) in [7, 11) is -3.24. The van der Waals surface area contributed by atoms with E-state index in [0.717, 1.165) is 25.8 Å².